The minimum absolute atomic E-state index is 0.0747. The second kappa shape index (κ2) is 7.28. The normalized spacial score (nSPS) is 11.5. The van der Waals surface area contributed by atoms with Crippen molar-refractivity contribution in [3.63, 3.8) is 0 Å². The molecule has 6 heteroatoms. The molecule has 0 saturated heterocycles. The van der Waals surface area contributed by atoms with Crippen molar-refractivity contribution in [2.24, 2.45) is 0 Å². The Morgan fingerprint density at radius 2 is 1.80 bits per heavy atom. The van der Waals surface area contributed by atoms with Gasteiger partial charge in [-0.05, 0) is 31.0 Å². The number of carboxylic acids is 1. The first kappa shape index (κ1) is 15.7. The summed E-state index contributed by atoms with van der Waals surface area (Å²) in [6.45, 7) is 2.94. The van der Waals surface area contributed by atoms with E-state index >= 15 is 0 Å². The average molecular weight is 278 g/mol. The second-order valence-electron chi connectivity index (χ2n) is 4.50. The number of hydrogen-bond acceptors (Lipinski definition) is 3. The molecule has 3 N–H and O–H groups in total. The van der Waals surface area contributed by atoms with Crippen molar-refractivity contribution in [2.45, 2.75) is 32.7 Å². The first-order valence-corrected chi connectivity index (χ1v) is 6.27. The average Bonchev–Trinajstić information content (AvgIpc) is 2.37. The lowest BCUT2D eigenvalue weighted by Crippen LogP contribution is -2.40. The molecule has 0 heterocycles. The number of carboxylic acid groups (broad SMARTS) is 1. The summed E-state index contributed by atoms with van der Waals surface area (Å²) in [4.78, 5) is 33.0. The molecule has 6 nitrogen and oxygen atoms in total. The second-order valence-corrected chi connectivity index (χ2v) is 4.50. The molecule has 20 heavy (non-hydrogen) atoms. The number of amides is 2. The molecule has 0 aliphatic heterocycles. The summed E-state index contributed by atoms with van der Waals surface area (Å²) in [5.74, 6) is -1.42. The van der Waals surface area contributed by atoms with Crippen LogP contribution >= 0.6 is 0 Å². The quantitative estimate of drug-likeness (QED) is 0.727. The Bertz CT molecular complexity index is 496. The molecule has 0 radical (unpaired) electrons. The number of rotatable bonds is 6. The van der Waals surface area contributed by atoms with Crippen molar-refractivity contribution >= 4 is 23.5 Å². The van der Waals surface area contributed by atoms with E-state index in [0.717, 1.165) is 5.56 Å². The van der Waals surface area contributed by atoms with Gasteiger partial charge < -0.3 is 15.7 Å². The van der Waals surface area contributed by atoms with Gasteiger partial charge in [0.05, 0.1) is 0 Å². The summed E-state index contributed by atoms with van der Waals surface area (Å²) in [5, 5.41) is 13.7. The first-order valence-electron chi connectivity index (χ1n) is 6.27. The largest absolute Gasteiger partial charge is 0.481 e. The van der Waals surface area contributed by atoms with Crippen molar-refractivity contribution in [3.8, 4) is 0 Å². The van der Waals surface area contributed by atoms with Crippen LogP contribution < -0.4 is 10.6 Å². The topological polar surface area (TPSA) is 95.5 Å². The minimum atomic E-state index is -0.841. The fourth-order valence-corrected chi connectivity index (χ4v) is 1.63. The Kier molecular flexibility index (Phi) is 5.71. The fourth-order valence-electron chi connectivity index (χ4n) is 1.63. The summed E-state index contributed by atoms with van der Waals surface area (Å²) < 4.78 is 0. The summed E-state index contributed by atoms with van der Waals surface area (Å²) in [6.07, 6.45) is 0.525. The van der Waals surface area contributed by atoms with Crippen LogP contribution in [0.15, 0.2) is 24.3 Å². The van der Waals surface area contributed by atoms with E-state index in [1.165, 1.54) is 6.92 Å². The molecule has 1 rings (SSSR count). The van der Waals surface area contributed by atoms with Gasteiger partial charge in [0.15, 0.2) is 0 Å². The summed E-state index contributed by atoms with van der Waals surface area (Å²) in [6, 6.07) is 6.33. The van der Waals surface area contributed by atoms with Gasteiger partial charge in [0.1, 0.15) is 6.04 Å². The van der Waals surface area contributed by atoms with Crippen molar-refractivity contribution in [1.82, 2.24) is 5.32 Å². The van der Waals surface area contributed by atoms with Crippen molar-refractivity contribution in [2.75, 3.05) is 5.32 Å². The summed E-state index contributed by atoms with van der Waals surface area (Å²) in [5.41, 5.74) is 1.49. The number of carbonyl (C=O) groups excluding carboxylic acids is 2. The highest BCUT2D eigenvalue weighted by Gasteiger charge is 2.13. The zero-order valence-corrected chi connectivity index (χ0v) is 11.5. The lowest BCUT2D eigenvalue weighted by Gasteiger charge is -2.13. The maximum absolute atomic E-state index is 11.7. The zero-order chi connectivity index (χ0) is 15.1. The lowest BCUT2D eigenvalue weighted by molar-refractivity contribution is -0.137. The van der Waals surface area contributed by atoms with Crippen LogP contribution in [0, 0.1) is 0 Å². The third-order valence-electron chi connectivity index (χ3n) is 2.66. The Morgan fingerprint density at radius 3 is 2.30 bits per heavy atom. The number of carbonyl (C=O) groups is 3. The molecule has 1 atom stereocenters. The van der Waals surface area contributed by atoms with Crippen LogP contribution in [0.2, 0.25) is 0 Å². The van der Waals surface area contributed by atoms with E-state index in [4.69, 9.17) is 5.11 Å². The van der Waals surface area contributed by atoms with E-state index < -0.39 is 12.0 Å². The molecular weight excluding hydrogens is 260 g/mol. The van der Waals surface area contributed by atoms with Crippen LogP contribution in [-0.2, 0) is 20.8 Å². The molecule has 1 aromatic rings. The van der Waals surface area contributed by atoms with E-state index in [1.54, 1.807) is 31.2 Å². The molecule has 0 aromatic heterocycles. The number of hydrogen-bond donors (Lipinski definition) is 3. The van der Waals surface area contributed by atoms with Gasteiger partial charge in [-0.1, -0.05) is 12.1 Å². The van der Waals surface area contributed by atoms with Crippen LogP contribution in [-0.4, -0.2) is 28.9 Å². The van der Waals surface area contributed by atoms with E-state index in [2.05, 4.69) is 10.6 Å². The Labute approximate surface area is 117 Å². The molecule has 2 amide bonds. The Hall–Kier alpha value is -2.37. The van der Waals surface area contributed by atoms with E-state index in [1.807, 2.05) is 0 Å². The third kappa shape index (κ3) is 5.51. The van der Waals surface area contributed by atoms with Gasteiger partial charge in [-0.3, -0.25) is 14.4 Å². The smallest absolute Gasteiger partial charge is 0.303 e. The van der Waals surface area contributed by atoms with Crippen LogP contribution in [0.1, 0.15) is 25.8 Å². The van der Waals surface area contributed by atoms with Gasteiger partial charge in [0.2, 0.25) is 11.8 Å². The first-order chi connectivity index (χ1) is 9.38. The fraction of sp³-hybridized carbons (Fsp3) is 0.357. The number of nitrogens with one attached hydrogen (secondary N) is 2. The highest BCUT2D eigenvalue weighted by molar-refractivity contribution is 5.96. The standard InChI is InChI=1S/C14H18N2O4/c1-9(15-10(2)17)14(20)16-12-6-3-11(4-7-12)5-8-13(18)19/h3-4,6-7,9H,5,8H2,1-2H3,(H,15,17)(H,16,20)(H,18,19). The van der Waals surface area contributed by atoms with E-state index in [0.29, 0.717) is 12.1 Å². The molecule has 1 unspecified atom stereocenters. The molecule has 0 spiro atoms. The van der Waals surface area contributed by atoms with Crippen LogP contribution in [0.4, 0.5) is 5.69 Å². The zero-order valence-electron chi connectivity index (χ0n) is 11.5. The molecule has 108 valence electrons. The van der Waals surface area contributed by atoms with Crippen molar-refractivity contribution in [1.29, 1.82) is 0 Å². The highest BCUT2D eigenvalue weighted by Crippen LogP contribution is 2.11. The number of anilines is 1. The van der Waals surface area contributed by atoms with Gasteiger partial charge in [-0.2, -0.15) is 0 Å². The van der Waals surface area contributed by atoms with Gasteiger partial charge >= 0.3 is 5.97 Å². The molecule has 0 fully saturated rings. The van der Waals surface area contributed by atoms with Gasteiger partial charge in [-0.15, -0.1) is 0 Å². The molecule has 1 aromatic carbocycles. The number of benzene rings is 1. The third-order valence-corrected chi connectivity index (χ3v) is 2.66. The highest BCUT2D eigenvalue weighted by atomic mass is 16.4. The minimum Gasteiger partial charge on any atom is -0.481 e. The molecule has 0 saturated carbocycles. The molecular formula is C14H18N2O4. The summed E-state index contributed by atoms with van der Waals surface area (Å²) >= 11 is 0. The van der Waals surface area contributed by atoms with Crippen molar-refractivity contribution in [3.05, 3.63) is 29.8 Å². The lowest BCUT2D eigenvalue weighted by atomic mass is 10.1. The Morgan fingerprint density at radius 1 is 1.20 bits per heavy atom. The van der Waals surface area contributed by atoms with Crippen LogP contribution in [0.25, 0.3) is 0 Å². The number of aliphatic carboxylic acids is 1. The SMILES string of the molecule is CC(=O)NC(C)C(=O)Nc1ccc(CCC(=O)O)cc1. The summed E-state index contributed by atoms with van der Waals surface area (Å²) in [7, 11) is 0. The predicted molar refractivity (Wildman–Crippen MR) is 74.3 cm³/mol. The predicted octanol–water partition coefficient (Wildman–Crippen LogP) is 1.17. The van der Waals surface area contributed by atoms with Gasteiger partial charge in [-0.25, -0.2) is 0 Å². The molecule has 0 aliphatic rings. The van der Waals surface area contributed by atoms with Crippen molar-refractivity contribution < 1.29 is 19.5 Å². The maximum atomic E-state index is 11.7. The van der Waals surface area contributed by atoms with Gasteiger partial charge in [0, 0.05) is 19.0 Å². The molecule has 0 aliphatic carbocycles. The monoisotopic (exact) mass is 278 g/mol. The number of aryl methyl sites for hydroxylation is 1. The van der Waals surface area contributed by atoms with Crippen LogP contribution in [0.5, 0.6) is 0 Å². The van der Waals surface area contributed by atoms with E-state index in [-0.39, 0.29) is 18.2 Å². The van der Waals surface area contributed by atoms with Gasteiger partial charge in [0.25, 0.3) is 0 Å². The van der Waals surface area contributed by atoms with Crippen LogP contribution in [0.3, 0.4) is 0 Å². The maximum Gasteiger partial charge on any atom is 0.303 e. The Balaban J connectivity index is 2.54. The van der Waals surface area contributed by atoms with E-state index in [9.17, 15) is 14.4 Å². The molecule has 0 bridgehead atoms.